The van der Waals surface area contributed by atoms with Crippen LogP contribution in [0.4, 0.5) is 0 Å². The van der Waals surface area contributed by atoms with Gasteiger partial charge in [-0.15, -0.1) is 0 Å². The van der Waals surface area contributed by atoms with E-state index in [1.807, 2.05) is 4.57 Å². The topological polar surface area (TPSA) is 87.5 Å². The molecule has 0 aliphatic heterocycles. The van der Waals surface area contributed by atoms with Gasteiger partial charge in [0.05, 0.1) is 12.9 Å². The predicted molar refractivity (Wildman–Crippen MR) is 130 cm³/mol. The van der Waals surface area contributed by atoms with Gasteiger partial charge in [0, 0.05) is 36.2 Å². The van der Waals surface area contributed by atoms with Gasteiger partial charge in [0.25, 0.3) is 0 Å². The lowest BCUT2D eigenvalue weighted by Gasteiger charge is -2.57. The molecule has 0 spiro atoms. The van der Waals surface area contributed by atoms with E-state index in [0.717, 1.165) is 62.5 Å². The van der Waals surface area contributed by atoms with E-state index in [4.69, 9.17) is 9.47 Å². The average molecular weight is 481 g/mol. The normalized spacial score (nSPS) is 35.9. The summed E-state index contributed by atoms with van der Waals surface area (Å²) in [6.45, 7) is 8.27. The second kappa shape index (κ2) is 8.75. The molecule has 3 unspecified atom stereocenters. The summed E-state index contributed by atoms with van der Waals surface area (Å²) in [5, 5.41) is 0. The maximum absolute atomic E-state index is 12.3. The van der Waals surface area contributed by atoms with Crippen molar-refractivity contribution in [2.75, 3.05) is 6.61 Å². The SMILES string of the molecule is CCOC(=O)c1cn(C2=C(C=O)CC3C4CC=C5C[C@@H](OC(C)=O)CC[C@]5(C)C4CC[C@]23C)cn1. The molecule has 0 radical (unpaired) electrons. The Balaban J connectivity index is 1.43. The fraction of sp³-hybridized carbons (Fsp3) is 0.643. The number of fused-ring (bicyclic) bond motifs is 5. The summed E-state index contributed by atoms with van der Waals surface area (Å²) in [4.78, 5) is 40.3. The summed E-state index contributed by atoms with van der Waals surface area (Å²) in [5.41, 5.74) is 3.52. The van der Waals surface area contributed by atoms with Crippen LogP contribution in [0.15, 0.2) is 29.7 Å². The molecule has 4 aliphatic rings. The molecule has 0 saturated heterocycles. The second-order valence-corrected chi connectivity index (χ2v) is 11.3. The van der Waals surface area contributed by atoms with E-state index in [1.54, 1.807) is 19.4 Å². The minimum absolute atomic E-state index is 0.00603. The average Bonchev–Trinajstić information content (AvgIpc) is 3.41. The molecular formula is C28H36N2O5. The number of imidazole rings is 1. The zero-order valence-corrected chi connectivity index (χ0v) is 21.2. The van der Waals surface area contributed by atoms with Gasteiger partial charge < -0.3 is 14.0 Å². The summed E-state index contributed by atoms with van der Waals surface area (Å²) < 4.78 is 12.6. The molecule has 0 N–H and O–H groups in total. The molecule has 1 aromatic rings. The highest BCUT2D eigenvalue weighted by Crippen LogP contribution is 2.66. The maximum Gasteiger partial charge on any atom is 0.358 e. The monoisotopic (exact) mass is 480 g/mol. The van der Waals surface area contributed by atoms with Crippen LogP contribution < -0.4 is 0 Å². The van der Waals surface area contributed by atoms with Gasteiger partial charge in [-0.25, -0.2) is 9.78 Å². The number of esters is 2. The molecule has 0 amide bonds. The number of hydrogen-bond acceptors (Lipinski definition) is 6. The minimum atomic E-state index is -0.440. The van der Waals surface area contributed by atoms with Crippen molar-refractivity contribution in [2.45, 2.75) is 78.7 Å². The lowest BCUT2D eigenvalue weighted by atomic mass is 9.47. The third-order valence-electron chi connectivity index (χ3n) is 9.53. The Bertz CT molecular complexity index is 1120. The number of aldehydes is 1. The highest BCUT2D eigenvalue weighted by molar-refractivity contribution is 5.89. The molecular weight excluding hydrogens is 444 g/mol. The number of aromatic nitrogens is 2. The second-order valence-electron chi connectivity index (χ2n) is 11.3. The highest BCUT2D eigenvalue weighted by atomic mass is 16.5. The van der Waals surface area contributed by atoms with Crippen molar-refractivity contribution in [3.63, 3.8) is 0 Å². The van der Waals surface area contributed by atoms with Crippen LogP contribution in [-0.4, -0.2) is 40.5 Å². The molecule has 35 heavy (non-hydrogen) atoms. The van der Waals surface area contributed by atoms with E-state index in [0.29, 0.717) is 24.4 Å². The molecule has 7 heteroatoms. The fourth-order valence-corrected chi connectivity index (χ4v) is 7.97. The van der Waals surface area contributed by atoms with Gasteiger partial charge in [0.2, 0.25) is 0 Å². The molecule has 0 bridgehead atoms. The van der Waals surface area contributed by atoms with E-state index in [-0.39, 0.29) is 28.6 Å². The predicted octanol–water partition coefficient (Wildman–Crippen LogP) is 4.97. The van der Waals surface area contributed by atoms with Crippen LogP contribution in [0.3, 0.4) is 0 Å². The molecule has 6 atom stereocenters. The van der Waals surface area contributed by atoms with Crippen LogP contribution in [0.25, 0.3) is 5.70 Å². The van der Waals surface area contributed by atoms with Crippen LogP contribution >= 0.6 is 0 Å². The first-order valence-corrected chi connectivity index (χ1v) is 13.0. The minimum Gasteiger partial charge on any atom is -0.462 e. The van der Waals surface area contributed by atoms with Gasteiger partial charge >= 0.3 is 11.9 Å². The highest BCUT2D eigenvalue weighted by Gasteiger charge is 2.58. The molecule has 0 aromatic carbocycles. The smallest absolute Gasteiger partial charge is 0.358 e. The van der Waals surface area contributed by atoms with E-state index in [1.165, 1.54) is 12.5 Å². The molecule has 1 aromatic heterocycles. The Kier molecular flexibility index (Phi) is 6.01. The molecule has 1 heterocycles. The Hall–Kier alpha value is -2.70. The van der Waals surface area contributed by atoms with Crippen LogP contribution in [-0.2, 0) is 19.1 Å². The number of carbonyl (C=O) groups excluding carboxylic acids is 3. The molecule has 2 fully saturated rings. The molecule has 4 aliphatic carbocycles. The van der Waals surface area contributed by atoms with E-state index < -0.39 is 5.97 Å². The Morgan fingerprint density at radius 2 is 1.94 bits per heavy atom. The number of nitrogens with zero attached hydrogens (tertiary/aromatic N) is 2. The van der Waals surface area contributed by atoms with Gasteiger partial charge in [0.1, 0.15) is 12.4 Å². The molecule has 188 valence electrons. The molecule has 5 rings (SSSR count). The number of allylic oxidation sites excluding steroid dienone is 3. The van der Waals surface area contributed by atoms with E-state index >= 15 is 0 Å². The lowest BCUT2D eigenvalue weighted by molar-refractivity contribution is -0.148. The number of rotatable bonds is 5. The van der Waals surface area contributed by atoms with Crippen molar-refractivity contribution in [2.24, 2.45) is 28.6 Å². The lowest BCUT2D eigenvalue weighted by Crippen LogP contribution is -2.50. The first-order valence-electron chi connectivity index (χ1n) is 13.0. The number of ether oxygens (including phenoxy) is 2. The standard InChI is InChI=1S/C28H36N2O5/c1-5-34-26(33)24-14-30(16-29-24)25-18(15-31)12-23-21-7-6-19-13-20(35-17(2)32)8-10-27(19,3)22(21)9-11-28(23,25)4/h6,14-16,20-23H,5,7-13H2,1-4H3/t20-,21?,22?,23?,27-,28-/m0/s1. The van der Waals surface area contributed by atoms with Crippen LogP contribution in [0, 0.1) is 28.6 Å². The first-order chi connectivity index (χ1) is 16.7. The Morgan fingerprint density at radius 3 is 2.66 bits per heavy atom. The summed E-state index contributed by atoms with van der Waals surface area (Å²) in [6.07, 6.45) is 13.4. The van der Waals surface area contributed by atoms with Gasteiger partial charge in [-0.05, 0) is 68.6 Å². The summed E-state index contributed by atoms with van der Waals surface area (Å²) in [6, 6.07) is 0. The largest absolute Gasteiger partial charge is 0.462 e. The quantitative estimate of drug-likeness (QED) is 0.336. The number of hydrogen-bond donors (Lipinski definition) is 0. The van der Waals surface area contributed by atoms with Crippen molar-refractivity contribution in [3.05, 3.63) is 35.4 Å². The number of carbonyl (C=O) groups is 3. The van der Waals surface area contributed by atoms with Crippen molar-refractivity contribution in [3.8, 4) is 0 Å². The summed E-state index contributed by atoms with van der Waals surface area (Å²) in [7, 11) is 0. The zero-order valence-electron chi connectivity index (χ0n) is 21.2. The van der Waals surface area contributed by atoms with E-state index in [9.17, 15) is 14.4 Å². The summed E-state index contributed by atoms with van der Waals surface area (Å²) in [5.74, 6) is 0.783. The third kappa shape index (κ3) is 3.78. The van der Waals surface area contributed by atoms with Gasteiger partial charge in [-0.3, -0.25) is 9.59 Å². The van der Waals surface area contributed by atoms with Gasteiger partial charge in [-0.2, -0.15) is 0 Å². The molecule has 7 nitrogen and oxygen atoms in total. The third-order valence-corrected chi connectivity index (χ3v) is 9.53. The van der Waals surface area contributed by atoms with Crippen LogP contribution in [0.5, 0.6) is 0 Å². The van der Waals surface area contributed by atoms with Crippen LogP contribution in [0.2, 0.25) is 0 Å². The maximum atomic E-state index is 12.3. The first kappa shape index (κ1) is 24.0. The van der Waals surface area contributed by atoms with Crippen LogP contribution in [0.1, 0.15) is 83.1 Å². The van der Waals surface area contributed by atoms with Crippen molar-refractivity contribution in [1.82, 2.24) is 9.55 Å². The fourth-order valence-electron chi connectivity index (χ4n) is 7.97. The Labute approximate surface area is 207 Å². The van der Waals surface area contributed by atoms with Crippen molar-refractivity contribution in [1.29, 1.82) is 0 Å². The zero-order chi connectivity index (χ0) is 25.0. The van der Waals surface area contributed by atoms with Gasteiger partial charge in [-0.1, -0.05) is 25.5 Å². The van der Waals surface area contributed by atoms with E-state index in [2.05, 4.69) is 24.9 Å². The van der Waals surface area contributed by atoms with Crippen molar-refractivity contribution < 1.29 is 23.9 Å². The van der Waals surface area contributed by atoms with Crippen molar-refractivity contribution >= 4 is 23.9 Å². The molecule has 2 saturated carbocycles. The Morgan fingerprint density at radius 1 is 1.17 bits per heavy atom. The van der Waals surface area contributed by atoms with Gasteiger partial charge in [0.15, 0.2) is 5.69 Å². The summed E-state index contributed by atoms with van der Waals surface area (Å²) >= 11 is 0.